The molecule has 0 heterocycles. The highest BCUT2D eigenvalue weighted by Gasteiger charge is 2.11. The second kappa shape index (κ2) is 4.63. The van der Waals surface area contributed by atoms with Gasteiger partial charge in [-0.15, -0.1) is 11.8 Å². The van der Waals surface area contributed by atoms with Gasteiger partial charge < -0.3 is 5.11 Å². The Morgan fingerprint density at radius 1 is 1.54 bits per heavy atom. The van der Waals surface area contributed by atoms with Crippen LogP contribution in [0.5, 0.6) is 0 Å². The lowest BCUT2D eigenvalue weighted by Gasteiger charge is -2.11. The quantitative estimate of drug-likeness (QED) is 0.757. The lowest BCUT2D eigenvalue weighted by Crippen LogP contribution is -1.96. The average Bonchev–Trinajstić information content (AvgIpc) is 2.08. The molecule has 1 atom stereocenters. The molecule has 1 aromatic carbocycles. The Bertz CT molecular complexity index is 286. The van der Waals surface area contributed by atoms with E-state index in [1.54, 1.807) is 19.1 Å². The summed E-state index contributed by atoms with van der Waals surface area (Å²) in [5.74, 6) is 0.561. The number of aliphatic hydroxyl groups excluding tert-OH is 1. The van der Waals surface area contributed by atoms with Crippen LogP contribution in [0.15, 0.2) is 23.1 Å². The molecule has 1 N–H and O–H groups in total. The van der Waals surface area contributed by atoms with Crippen LogP contribution in [-0.2, 0) is 0 Å². The third-order valence-corrected chi connectivity index (χ3v) is 2.74. The van der Waals surface area contributed by atoms with Crippen molar-refractivity contribution < 1.29 is 9.50 Å². The Kier molecular flexibility index (Phi) is 3.75. The van der Waals surface area contributed by atoms with E-state index in [2.05, 4.69) is 0 Å². The summed E-state index contributed by atoms with van der Waals surface area (Å²) >= 11 is 1.42. The first-order valence-corrected chi connectivity index (χ1v) is 5.24. The lowest BCUT2D eigenvalue weighted by atomic mass is 10.1. The zero-order valence-electron chi connectivity index (χ0n) is 7.75. The monoisotopic (exact) mass is 200 g/mol. The Labute approximate surface area is 82.0 Å². The SMILES string of the molecule is CCSc1c(F)cccc1C(C)O. The van der Waals surface area contributed by atoms with Crippen molar-refractivity contribution >= 4 is 11.8 Å². The van der Waals surface area contributed by atoms with E-state index >= 15 is 0 Å². The van der Waals surface area contributed by atoms with E-state index < -0.39 is 6.10 Å². The third-order valence-electron chi connectivity index (χ3n) is 1.74. The molecule has 0 saturated carbocycles. The molecule has 0 radical (unpaired) electrons. The van der Waals surface area contributed by atoms with Crippen molar-refractivity contribution in [2.24, 2.45) is 0 Å². The van der Waals surface area contributed by atoms with Crippen molar-refractivity contribution in [3.63, 3.8) is 0 Å². The van der Waals surface area contributed by atoms with E-state index in [1.807, 2.05) is 6.92 Å². The largest absolute Gasteiger partial charge is 0.389 e. The molecule has 1 rings (SSSR count). The summed E-state index contributed by atoms with van der Waals surface area (Å²) in [4.78, 5) is 0.569. The standard InChI is InChI=1S/C10H13FOS/c1-3-13-10-8(7(2)12)5-4-6-9(10)11/h4-7,12H,3H2,1-2H3. The number of hydrogen-bond donors (Lipinski definition) is 1. The molecule has 13 heavy (non-hydrogen) atoms. The molecule has 72 valence electrons. The summed E-state index contributed by atoms with van der Waals surface area (Å²) in [5.41, 5.74) is 0.673. The first-order valence-electron chi connectivity index (χ1n) is 4.26. The summed E-state index contributed by atoms with van der Waals surface area (Å²) in [5, 5.41) is 9.38. The maximum atomic E-state index is 13.3. The Morgan fingerprint density at radius 3 is 2.77 bits per heavy atom. The van der Waals surface area contributed by atoms with Crippen LogP contribution < -0.4 is 0 Å². The average molecular weight is 200 g/mol. The summed E-state index contributed by atoms with van der Waals surface area (Å²) in [7, 11) is 0. The zero-order valence-corrected chi connectivity index (χ0v) is 8.57. The van der Waals surface area contributed by atoms with Gasteiger partial charge in [0, 0.05) is 4.90 Å². The number of benzene rings is 1. The first kappa shape index (κ1) is 10.5. The summed E-state index contributed by atoms with van der Waals surface area (Å²) in [6.07, 6.45) is -0.607. The van der Waals surface area contributed by atoms with Gasteiger partial charge in [-0.1, -0.05) is 19.1 Å². The smallest absolute Gasteiger partial charge is 0.137 e. The Morgan fingerprint density at radius 2 is 2.23 bits per heavy atom. The molecule has 0 saturated heterocycles. The van der Waals surface area contributed by atoms with E-state index in [-0.39, 0.29) is 5.82 Å². The van der Waals surface area contributed by atoms with Crippen molar-refractivity contribution in [2.45, 2.75) is 24.8 Å². The molecule has 1 nitrogen and oxygen atoms in total. The molecular formula is C10H13FOS. The van der Waals surface area contributed by atoms with Gasteiger partial charge in [0.15, 0.2) is 0 Å². The maximum Gasteiger partial charge on any atom is 0.137 e. The minimum Gasteiger partial charge on any atom is -0.389 e. The second-order valence-corrected chi connectivity index (χ2v) is 4.04. The van der Waals surface area contributed by atoms with E-state index in [0.717, 1.165) is 5.75 Å². The molecule has 0 fully saturated rings. The van der Waals surface area contributed by atoms with Gasteiger partial charge >= 0.3 is 0 Å². The van der Waals surface area contributed by atoms with Crippen LogP contribution in [-0.4, -0.2) is 10.9 Å². The minimum absolute atomic E-state index is 0.245. The second-order valence-electron chi connectivity index (χ2n) is 2.77. The number of rotatable bonds is 3. The van der Waals surface area contributed by atoms with Crippen LogP contribution in [0, 0.1) is 5.82 Å². The summed E-state index contributed by atoms with van der Waals surface area (Å²) in [6.45, 7) is 3.61. The molecule has 1 unspecified atom stereocenters. The normalized spacial score (nSPS) is 12.9. The summed E-state index contributed by atoms with van der Waals surface area (Å²) < 4.78 is 13.3. The number of aliphatic hydroxyl groups is 1. The first-order chi connectivity index (χ1) is 6.16. The number of thioether (sulfide) groups is 1. The highest BCUT2D eigenvalue weighted by molar-refractivity contribution is 7.99. The van der Waals surface area contributed by atoms with Crippen molar-refractivity contribution in [3.05, 3.63) is 29.6 Å². The van der Waals surface area contributed by atoms with E-state index in [9.17, 15) is 9.50 Å². The van der Waals surface area contributed by atoms with Crippen LogP contribution in [0.1, 0.15) is 25.5 Å². The molecular weight excluding hydrogens is 187 g/mol. The molecule has 0 aliphatic carbocycles. The highest BCUT2D eigenvalue weighted by atomic mass is 32.2. The van der Waals surface area contributed by atoms with Crippen molar-refractivity contribution in [3.8, 4) is 0 Å². The molecule has 0 aliphatic heterocycles. The van der Waals surface area contributed by atoms with Gasteiger partial charge in [0.25, 0.3) is 0 Å². The highest BCUT2D eigenvalue weighted by Crippen LogP contribution is 2.29. The molecule has 0 bridgehead atoms. The van der Waals surface area contributed by atoms with Gasteiger partial charge in [0.1, 0.15) is 5.82 Å². The van der Waals surface area contributed by atoms with Crippen LogP contribution in [0.2, 0.25) is 0 Å². The van der Waals surface area contributed by atoms with Crippen LogP contribution in [0.4, 0.5) is 4.39 Å². The van der Waals surface area contributed by atoms with Gasteiger partial charge in [-0.2, -0.15) is 0 Å². The van der Waals surface area contributed by atoms with Gasteiger partial charge in [-0.25, -0.2) is 4.39 Å². The molecule has 0 aromatic heterocycles. The van der Waals surface area contributed by atoms with Gasteiger partial charge in [-0.05, 0) is 24.3 Å². The van der Waals surface area contributed by atoms with Gasteiger partial charge in [0.05, 0.1) is 6.10 Å². The van der Waals surface area contributed by atoms with Crippen LogP contribution in [0.25, 0.3) is 0 Å². The molecule has 1 aromatic rings. The number of halogens is 1. The zero-order chi connectivity index (χ0) is 9.84. The van der Waals surface area contributed by atoms with E-state index in [4.69, 9.17) is 0 Å². The van der Waals surface area contributed by atoms with Crippen molar-refractivity contribution in [1.82, 2.24) is 0 Å². The lowest BCUT2D eigenvalue weighted by molar-refractivity contribution is 0.195. The summed E-state index contributed by atoms with van der Waals surface area (Å²) in [6, 6.07) is 4.80. The number of hydrogen-bond acceptors (Lipinski definition) is 2. The molecule has 0 aliphatic rings. The van der Waals surface area contributed by atoms with Gasteiger partial charge in [0.2, 0.25) is 0 Å². The fourth-order valence-corrected chi connectivity index (χ4v) is 2.05. The molecule has 0 amide bonds. The van der Waals surface area contributed by atoms with Crippen LogP contribution in [0.3, 0.4) is 0 Å². The van der Waals surface area contributed by atoms with E-state index in [0.29, 0.717) is 10.5 Å². The predicted octanol–water partition coefficient (Wildman–Crippen LogP) is 2.99. The molecule has 0 spiro atoms. The third kappa shape index (κ3) is 2.45. The Hall–Kier alpha value is -0.540. The van der Waals surface area contributed by atoms with Gasteiger partial charge in [-0.3, -0.25) is 0 Å². The minimum atomic E-state index is -0.607. The van der Waals surface area contributed by atoms with E-state index in [1.165, 1.54) is 17.8 Å². The van der Waals surface area contributed by atoms with Crippen LogP contribution >= 0.6 is 11.8 Å². The fourth-order valence-electron chi connectivity index (χ4n) is 1.15. The maximum absolute atomic E-state index is 13.3. The topological polar surface area (TPSA) is 20.2 Å². The predicted molar refractivity (Wildman–Crippen MR) is 53.4 cm³/mol. The molecule has 3 heteroatoms. The van der Waals surface area contributed by atoms with Crippen molar-refractivity contribution in [1.29, 1.82) is 0 Å². The Balaban J connectivity index is 3.09. The fraction of sp³-hybridized carbons (Fsp3) is 0.400. The van der Waals surface area contributed by atoms with Crippen molar-refractivity contribution in [2.75, 3.05) is 5.75 Å².